The summed E-state index contributed by atoms with van der Waals surface area (Å²) >= 11 is 0. The number of phenols is 1. The lowest BCUT2D eigenvalue weighted by Crippen LogP contribution is -1.95. The maximum absolute atomic E-state index is 9.29. The molecule has 0 unspecified atom stereocenters. The maximum Gasteiger partial charge on any atom is 0.148 e. The second-order valence-electron chi connectivity index (χ2n) is 3.19. The van der Waals surface area contributed by atoms with Crippen molar-refractivity contribution in [3.05, 3.63) is 48.2 Å². The first-order valence-electron chi connectivity index (χ1n) is 4.71. The number of aromatic nitrogens is 1. The van der Waals surface area contributed by atoms with E-state index in [0.717, 1.165) is 0 Å². The molecule has 2 N–H and O–H groups in total. The van der Waals surface area contributed by atoms with Crippen LogP contribution in [0, 0.1) is 11.3 Å². The summed E-state index contributed by atoms with van der Waals surface area (Å²) in [6.45, 7) is 0. The summed E-state index contributed by atoms with van der Waals surface area (Å²) < 4.78 is 0. The van der Waals surface area contributed by atoms with Gasteiger partial charge < -0.3 is 10.4 Å². The fraction of sp³-hybridized carbons (Fsp3) is 0. The van der Waals surface area contributed by atoms with Crippen LogP contribution in [0.4, 0.5) is 11.5 Å². The van der Waals surface area contributed by atoms with Gasteiger partial charge in [-0.1, -0.05) is 6.07 Å². The van der Waals surface area contributed by atoms with Gasteiger partial charge >= 0.3 is 0 Å². The Morgan fingerprint density at radius 3 is 2.88 bits per heavy atom. The van der Waals surface area contributed by atoms with Crippen molar-refractivity contribution in [3.63, 3.8) is 0 Å². The standard InChI is InChI=1S/C12H9N3O/c13-8-9-3-2-6-14-12(9)15-10-4-1-5-11(16)7-10/h1-7,16H,(H,14,15). The average Bonchev–Trinajstić information content (AvgIpc) is 2.30. The number of anilines is 2. The van der Waals surface area contributed by atoms with Crippen LogP contribution >= 0.6 is 0 Å². The van der Waals surface area contributed by atoms with E-state index in [2.05, 4.69) is 10.3 Å². The van der Waals surface area contributed by atoms with Crippen LogP contribution in [0.2, 0.25) is 0 Å². The maximum atomic E-state index is 9.29. The Bertz CT molecular complexity index is 546. The van der Waals surface area contributed by atoms with Crippen LogP contribution in [-0.2, 0) is 0 Å². The van der Waals surface area contributed by atoms with E-state index in [1.54, 1.807) is 42.6 Å². The molecule has 2 rings (SSSR count). The Balaban J connectivity index is 2.31. The predicted molar refractivity (Wildman–Crippen MR) is 60.3 cm³/mol. The summed E-state index contributed by atoms with van der Waals surface area (Å²) in [6.07, 6.45) is 1.60. The minimum absolute atomic E-state index is 0.166. The summed E-state index contributed by atoms with van der Waals surface area (Å²) in [5.74, 6) is 0.648. The van der Waals surface area contributed by atoms with Gasteiger partial charge in [-0.3, -0.25) is 0 Å². The minimum Gasteiger partial charge on any atom is -0.508 e. The van der Waals surface area contributed by atoms with Crippen LogP contribution in [0.15, 0.2) is 42.6 Å². The first-order chi connectivity index (χ1) is 7.79. The molecule has 4 heteroatoms. The van der Waals surface area contributed by atoms with Crippen LogP contribution in [0.5, 0.6) is 5.75 Å². The third-order valence-corrected chi connectivity index (χ3v) is 2.04. The molecule has 0 aliphatic carbocycles. The number of nitrogens with zero attached hydrogens (tertiary/aromatic N) is 2. The molecule has 0 atom stereocenters. The van der Waals surface area contributed by atoms with Gasteiger partial charge in [0.1, 0.15) is 17.6 Å². The molecule has 78 valence electrons. The number of phenolic OH excluding ortho intramolecular Hbond substituents is 1. The van der Waals surface area contributed by atoms with E-state index in [0.29, 0.717) is 17.1 Å². The number of hydrogen-bond acceptors (Lipinski definition) is 4. The molecule has 0 bridgehead atoms. The number of aromatic hydroxyl groups is 1. The smallest absolute Gasteiger partial charge is 0.148 e. The van der Waals surface area contributed by atoms with Gasteiger partial charge in [-0.05, 0) is 24.3 Å². The highest BCUT2D eigenvalue weighted by Crippen LogP contribution is 2.20. The van der Waals surface area contributed by atoms with E-state index in [-0.39, 0.29) is 5.75 Å². The summed E-state index contributed by atoms with van der Waals surface area (Å²) in [5, 5.41) is 21.1. The molecule has 1 aromatic carbocycles. The molecule has 0 amide bonds. The van der Waals surface area contributed by atoms with Gasteiger partial charge in [0.25, 0.3) is 0 Å². The summed E-state index contributed by atoms with van der Waals surface area (Å²) in [5.41, 5.74) is 1.15. The monoisotopic (exact) mass is 211 g/mol. The Morgan fingerprint density at radius 1 is 1.25 bits per heavy atom. The second kappa shape index (κ2) is 4.32. The quantitative estimate of drug-likeness (QED) is 0.800. The van der Waals surface area contributed by atoms with Gasteiger partial charge in [0.2, 0.25) is 0 Å². The van der Waals surface area contributed by atoms with Crippen LogP contribution in [0.1, 0.15) is 5.56 Å². The fourth-order valence-corrected chi connectivity index (χ4v) is 1.32. The zero-order valence-corrected chi connectivity index (χ0v) is 8.38. The van der Waals surface area contributed by atoms with Gasteiger partial charge in [-0.25, -0.2) is 4.98 Å². The summed E-state index contributed by atoms with van der Waals surface area (Å²) in [7, 11) is 0. The first-order valence-corrected chi connectivity index (χ1v) is 4.71. The van der Waals surface area contributed by atoms with Crippen molar-refractivity contribution in [1.82, 2.24) is 4.98 Å². The second-order valence-corrected chi connectivity index (χ2v) is 3.19. The summed E-state index contributed by atoms with van der Waals surface area (Å²) in [6, 6.07) is 12.1. The molecular formula is C12H9N3O. The Kier molecular flexibility index (Phi) is 2.70. The number of pyridine rings is 1. The molecule has 1 heterocycles. The highest BCUT2D eigenvalue weighted by atomic mass is 16.3. The van der Waals surface area contributed by atoms with Crippen molar-refractivity contribution in [2.75, 3.05) is 5.32 Å². The molecule has 0 spiro atoms. The molecular weight excluding hydrogens is 202 g/mol. The largest absolute Gasteiger partial charge is 0.508 e. The molecule has 4 nitrogen and oxygen atoms in total. The highest BCUT2D eigenvalue weighted by molar-refractivity contribution is 5.63. The first kappa shape index (κ1) is 9.99. The van der Waals surface area contributed by atoms with Crippen molar-refractivity contribution >= 4 is 11.5 Å². The molecule has 0 saturated heterocycles. The van der Waals surface area contributed by atoms with Gasteiger partial charge in [-0.2, -0.15) is 5.26 Å². The number of nitrogens with one attached hydrogen (secondary N) is 1. The van der Waals surface area contributed by atoms with E-state index in [1.165, 1.54) is 0 Å². The van der Waals surface area contributed by atoms with Gasteiger partial charge in [0, 0.05) is 18.0 Å². The van der Waals surface area contributed by atoms with E-state index in [1.807, 2.05) is 6.07 Å². The molecule has 0 fully saturated rings. The average molecular weight is 211 g/mol. The van der Waals surface area contributed by atoms with Crippen molar-refractivity contribution < 1.29 is 5.11 Å². The fourth-order valence-electron chi connectivity index (χ4n) is 1.32. The van der Waals surface area contributed by atoms with E-state index < -0.39 is 0 Å². The van der Waals surface area contributed by atoms with Gasteiger partial charge in [0.15, 0.2) is 0 Å². The number of benzene rings is 1. The normalized spacial score (nSPS) is 9.44. The summed E-state index contributed by atoms with van der Waals surface area (Å²) in [4.78, 5) is 4.06. The Morgan fingerprint density at radius 2 is 2.12 bits per heavy atom. The number of hydrogen-bond donors (Lipinski definition) is 2. The molecule has 0 saturated carbocycles. The van der Waals surface area contributed by atoms with Crippen molar-refractivity contribution in [2.24, 2.45) is 0 Å². The van der Waals surface area contributed by atoms with Crippen LogP contribution in [-0.4, -0.2) is 10.1 Å². The van der Waals surface area contributed by atoms with Gasteiger partial charge in [-0.15, -0.1) is 0 Å². The molecule has 0 radical (unpaired) electrons. The lowest BCUT2D eigenvalue weighted by molar-refractivity contribution is 0.475. The van der Waals surface area contributed by atoms with Crippen molar-refractivity contribution in [2.45, 2.75) is 0 Å². The van der Waals surface area contributed by atoms with Crippen LogP contribution in [0.25, 0.3) is 0 Å². The zero-order chi connectivity index (χ0) is 11.4. The molecule has 0 aliphatic heterocycles. The molecule has 1 aromatic heterocycles. The lowest BCUT2D eigenvalue weighted by Gasteiger charge is -2.06. The van der Waals surface area contributed by atoms with Crippen LogP contribution in [0.3, 0.4) is 0 Å². The van der Waals surface area contributed by atoms with Crippen LogP contribution < -0.4 is 5.32 Å². The van der Waals surface area contributed by atoms with E-state index in [9.17, 15) is 5.11 Å². The molecule has 0 aliphatic rings. The zero-order valence-electron chi connectivity index (χ0n) is 8.38. The highest BCUT2D eigenvalue weighted by Gasteiger charge is 2.02. The number of rotatable bonds is 2. The Hall–Kier alpha value is -2.54. The molecule has 16 heavy (non-hydrogen) atoms. The SMILES string of the molecule is N#Cc1cccnc1Nc1cccc(O)c1. The topological polar surface area (TPSA) is 68.9 Å². The van der Waals surface area contributed by atoms with Crippen molar-refractivity contribution in [1.29, 1.82) is 5.26 Å². The van der Waals surface area contributed by atoms with Crippen molar-refractivity contribution in [3.8, 4) is 11.8 Å². The molecule has 2 aromatic rings. The minimum atomic E-state index is 0.166. The lowest BCUT2D eigenvalue weighted by atomic mass is 10.2. The van der Waals surface area contributed by atoms with E-state index in [4.69, 9.17) is 5.26 Å². The third-order valence-electron chi connectivity index (χ3n) is 2.04. The Labute approximate surface area is 92.8 Å². The van der Waals surface area contributed by atoms with E-state index >= 15 is 0 Å². The third kappa shape index (κ3) is 2.10. The predicted octanol–water partition coefficient (Wildman–Crippen LogP) is 2.40. The number of nitriles is 1. The van der Waals surface area contributed by atoms with Gasteiger partial charge in [0.05, 0.1) is 5.56 Å².